The molecular weight excluding hydrogens is 405 g/mol. The fraction of sp³-hybridized carbons (Fsp3) is 0.200. The van der Waals surface area contributed by atoms with Gasteiger partial charge in [0.1, 0.15) is 17.2 Å². The molecule has 0 spiro atoms. The molecule has 0 aliphatic heterocycles. The van der Waals surface area contributed by atoms with E-state index in [0.717, 1.165) is 6.07 Å². The number of hydrogen-bond donors (Lipinski definition) is 2. The Morgan fingerprint density at radius 3 is 2.43 bits per heavy atom. The van der Waals surface area contributed by atoms with Gasteiger partial charge in [0, 0.05) is 11.5 Å². The topological polar surface area (TPSA) is 89.7 Å². The standard InChI is InChI=1S/C20H17F3N2O5/c1-9(19(26)25-13-5-4-12(21)16(22)17(13)23)30-20(27)14-7-10-6-11(28-2)8-15(29-3)18(10)24-14/h4-9,24H,1-3H3,(H,25,26). The summed E-state index contributed by atoms with van der Waals surface area (Å²) in [5.74, 6) is -5.51. The molecule has 1 amide bonds. The highest BCUT2D eigenvalue weighted by Crippen LogP contribution is 2.31. The minimum atomic E-state index is -1.72. The highest BCUT2D eigenvalue weighted by Gasteiger charge is 2.23. The molecule has 3 aromatic rings. The van der Waals surface area contributed by atoms with Gasteiger partial charge in [-0.25, -0.2) is 18.0 Å². The van der Waals surface area contributed by atoms with Crippen molar-refractivity contribution < 1.29 is 37.0 Å². The minimum absolute atomic E-state index is 0.0372. The lowest BCUT2D eigenvalue weighted by Crippen LogP contribution is -2.30. The molecule has 10 heteroatoms. The van der Waals surface area contributed by atoms with Gasteiger partial charge in [-0.05, 0) is 31.2 Å². The van der Waals surface area contributed by atoms with Crippen LogP contribution in [0.4, 0.5) is 18.9 Å². The number of methoxy groups -OCH3 is 2. The molecule has 0 fully saturated rings. The molecule has 0 aliphatic carbocycles. The van der Waals surface area contributed by atoms with Gasteiger partial charge in [-0.3, -0.25) is 4.79 Å². The molecular formula is C20H17F3N2O5. The smallest absolute Gasteiger partial charge is 0.355 e. The molecule has 1 aromatic heterocycles. The van der Waals surface area contributed by atoms with E-state index >= 15 is 0 Å². The zero-order valence-electron chi connectivity index (χ0n) is 16.1. The van der Waals surface area contributed by atoms with Gasteiger partial charge in [-0.15, -0.1) is 0 Å². The van der Waals surface area contributed by atoms with E-state index in [1.54, 1.807) is 12.1 Å². The lowest BCUT2D eigenvalue weighted by molar-refractivity contribution is -0.123. The van der Waals surface area contributed by atoms with Gasteiger partial charge in [-0.1, -0.05) is 0 Å². The summed E-state index contributed by atoms with van der Waals surface area (Å²) >= 11 is 0. The minimum Gasteiger partial charge on any atom is -0.497 e. The van der Waals surface area contributed by atoms with Gasteiger partial charge in [0.05, 0.1) is 25.4 Å². The van der Waals surface area contributed by atoms with Crippen LogP contribution in [0.5, 0.6) is 11.5 Å². The maximum atomic E-state index is 13.7. The van der Waals surface area contributed by atoms with Crippen LogP contribution in [0.3, 0.4) is 0 Å². The first-order valence-electron chi connectivity index (χ1n) is 8.65. The molecule has 7 nitrogen and oxygen atoms in total. The Morgan fingerprint density at radius 1 is 1.03 bits per heavy atom. The van der Waals surface area contributed by atoms with Crippen LogP contribution in [0, 0.1) is 17.5 Å². The molecule has 0 radical (unpaired) electrons. The summed E-state index contributed by atoms with van der Waals surface area (Å²) in [4.78, 5) is 27.4. The van der Waals surface area contributed by atoms with Crippen molar-refractivity contribution in [1.29, 1.82) is 0 Å². The van der Waals surface area contributed by atoms with Crippen LogP contribution in [0.15, 0.2) is 30.3 Å². The Kier molecular flexibility index (Phi) is 5.86. The first-order chi connectivity index (χ1) is 14.2. The van der Waals surface area contributed by atoms with Crippen molar-refractivity contribution in [1.82, 2.24) is 4.98 Å². The zero-order chi connectivity index (χ0) is 22.0. The molecule has 0 saturated heterocycles. The molecule has 0 bridgehead atoms. The molecule has 158 valence electrons. The Balaban J connectivity index is 1.75. The Morgan fingerprint density at radius 2 is 1.77 bits per heavy atom. The van der Waals surface area contributed by atoms with E-state index in [0.29, 0.717) is 28.5 Å². The molecule has 1 heterocycles. The third kappa shape index (κ3) is 4.02. The summed E-state index contributed by atoms with van der Waals surface area (Å²) in [5.41, 5.74) is -0.0225. The largest absolute Gasteiger partial charge is 0.497 e. The SMILES string of the molecule is COc1cc(OC)c2[nH]c(C(=O)OC(C)C(=O)Nc3ccc(F)c(F)c3F)cc2c1. The number of carbonyl (C=O) groups is 2. The summed E-state index contributed by atoms with van der Waals surface area (Å²) < 4.78 is 55.5. The first-order valence-corrected chi connectivity index (χ1v) is 8.65. The second-order valence-electron chi connectivity index (χ2n) is 6.24. The van der Waals surface area contributed by atoms with Crippen molar-refractivity contribution in [2.24, 2.45) is 0 Å². The number of carbonyl (C=O) groups excluding carboxylic acids is 2. The zero-order valence-corrected chi connectivity index (χ0v) is 16.1. The number of benzene rings is 2. The number of hydrogen-bond acceptors (Lipinski definition) is 5. The molecule has 1 unspecified atom stereocenters. The van der Waals surface area contributed by atoms with Gasteiger partial charge in [0.2, 0.25) is 0 Å². The number of anilines is 1. The highest BCUT2D eigenvalue weighted by molar-refractivity contribution is 6.00. The van der Waals surface area contributed by atoms with Crippen molar-refractivity contribution in [3.63, 3.8) is 0 Å². The van der Waals surface area contributed by atoms with Crippen LogP contribution < -0.4 is 14.8 Å². The normalized spacial score (nSPS) is 11.8. The summed E-state index contributed by atoms with van der Waals surface area (Å²) in [6.07, 6.45) is -1.35. The van der Waals surface area contributed by atoms with Crippen molar-refractivity contribution in [3.05, 3.63) is 53.5 Å². The van der Waals surface area contributed by atoms with Crippen LogP contribution in [-0.2, 0) is 9.53 Å². The van der Waals surface area contributed by atoms with Crippen LogP contribution >= 0.6 is 0 Å². The fourth-order valence-electron chi connectivity index (χ4n) is 2.71. The Hall–Kier alpha value is -3.69. The molecule has 0 saturated carbocycles. The van der Waals surface area contributed by atoms with Crippen molar-refractivity contribution >= 4 is 28.5 Å². The monoisotopic (exact) mass is 422 g/mol. The number of amides is 1. The van der Waals surface area contributed by atoms with Crippen LogP contribution in [0.25, 0.3) is 10.9 Å². The van der Waals surface area contributed by atoms with Gasteiger partial charge in [-0.2, -0.15) is 0 Å². The summed E-state index contributed by atoms with van der Waals surface area (Å²) in [5, 5.41) is 2.66. The summed E-state index contributed by atoms with van der Waals surface area (Å²) in [6, 6.07) is 6.31. The number of halogens is 3. The number of fused-ring (bicyclic) bond motifs is 1. The lowest BCUT2D eigenvalue weighted by Gasteiger charge is -2.13. The first kappa shape index (κ1) is 21.0. The van der Waals surface area contributed by atoms with E-state index in [2.05, 4.69) is 10.3 Å². The van der Waals surface area contributed by atoms with Gasteiger partial charge in [0.15, 0.2) is 23.6 Å². The number of ether oxygens (including phenoxy) is 3. The lowest BCUT2D eigenvalue weighted by atomic mass is 10.2. The van der Waals surface area contributed by atoms with Crippen molar-refractivity contribution in [3.8, 4) is 11.5 Å². The average Bonchev–Trinajstić information content (AvgIpc) is 3.17. The van der Waals surface area contributed by atoms with E-state index in [4.69, 9.17) is 14.2 Å². The van der Waals surface area contributed by atoms with Gasteiger partial charge < -0.3 is 24.5 Å². The van der Waals surface area contributed by atoms with Crippen molar-refractivity contribution in [2.45, 2.75) is 13.0 Å². The molecule has 0 aliphatic rings. The third-order valence-corrected chi connectivity index (χ3v) is 4.29. The predicted octanol–water partition coefficient (Wildman–Crippen LogP) is 3.79. The van der Waals surface area contributed by atoms with Crippen molar-refractivity contribution in [2.75, 3.05) is 19.5 Å². The average molecular weight is 422 g/mol. The van der Waals surface area contributed by atoms with Gasteiger partial charge in [0.25, 0.3) is 5.91 Å². The van der Waals surface area contributed by atoms with E-state index < -0.39 is 41.1 Å². The number of aromatic nitrogens is 1. The highest BCUT2D eigenvalue weighted by atomic mass is 19.2. The molecule has 3 rings (SSSR count). The fourth-order valence-corrected chi connectivity index (χ4v) is 2.71. The van der Waals surface area contributed by atoms with E-state index in [1.165, 1.54) is 27.2 Å². The third-order valence-electron chi connectivity index (χ3n) is 4.29. The number of esters is 1. The molecule has 2 N–H and O–H groups in total. The number of rotatable bonds is 6. The van der Waals surface area contributed by atoms with Crippen LogP contribution in [0.2, 0.25) is 0 Å². The maximum absolute atomic E-state index is 13.7. The van der Waals surface area contributed by atoms with Crippen LogP contribution in [-0.4, -0.2) is 37.2 Å². The van der Waals surface area contributed by atoms with Gasteiger partial charge >= 0.3 is 5.97 Å². The predicted molar refractivity (Wildman–Crippen MR) is 101 cm³/mol. The molecule has 30 heavy (non-hydrogen) atoms. The second-order valence-corrected chi connectivity index (χ2v) is 6.24. The van der Waals surface area contributed by atoms with E-state index in [-0.39, 0.29) is 5.69 Å². The Bertz CT molecular complexity index is 1130. The molecule has 1 atom stereocenters. The Labute approximate surface area is 168 Å². The van der Waals surface area contributed by atoms with E-state index in [9.17, 15) is 22.8 Å². The molecule has 2 aromatic carbocycles. The number of aromatic amines is 1. The van der Waals surface area contributed by atoms with Crippen LogP contribution in [0.1, 0.15) is 17.4 Å². The number of H-pyrrole nitrogens is 1. The summed E-state index contributed by atoms with van der Waals surface area (Å²) in [6.45, 7) is 1.25. The van der Waals surface area contributed by atoms with E-state index in [1.807, 2.05) is 0 Å². The number of nitrogens with one attached hydrogen (secondary N) is 2. The second kappa shape index (κ2) is 8.36. The maximum Gasteiger partial charge on any atom is 0.355 e. The quantitative estimate of drug-likeness (QED) is 0.466. The summed E-state index contributed by atoms with van der Waals surface area (Å²) in [7, 11) is 2.94.